The molecule has 9 nitrogen and oxygen atoms in total. The molecule has 0 aromatic heterocycles. The first-order valence-electron chi connectivity index (χ1n) is 9.81. The average Bonchev–Trinajstić information content (AvgIpc) is 3.16. The Morgan fingerprint density at radius 1 is 1.34 bits per heavy atom. The van der Waals surface area contributed by atoms with Gasteiger partial charge in [-0.1, -0.05) is 24.3 Å². The van der Waals surface area contributed by atoms with Crippen molar-refractivity contribution < 1.29 is 15.0 Å². The molecule has 2 atom stereocenters. The second-order valence-electron chi connectivity index (χ2n) is 7.55. The van der Waals surface area contributed by atoms with E-state index in [4.69, 9.17) is 5.73 Å². The Morgan fingerprint density at radius 3 is 2.93 bits per heavy atom. The van der Waals surface area contributed by atoms with Gasteiger partial charge in [0, 0.05) is 32.3 Å². The molecule has 4 rings (SSSR count). The summed E-state index contributed by atoms with van der Waals surface area (Å²) in [6.07, 6.45) is 1.83. The lowest BCUT2D eigenvalue weighted by Gasteiger charge is -2.30. The van der Waals surface area contributed by atoms with Crippen LogP contribution in [0.15, 0.2) is 46.0 Å². The van der Waals surface area contributed by atoms with Gasteiger partial charge in [-0.05, 0) is 17.5 Å². The number of aliphatic imine (C=N–C) groups is 2. The second-order valence-corrected chi connectivity index (χ2v) is 7.55. The first-order valence-corrected chi connectivity index (χ1v) is 9.81. The first-order chi connectivity index (χ1) is 14.0. The number of β-amino-alcohol motifs (C(OH)–C–C–N with tert-alkyl or cyclic N) is 1. The molecule has 1 aromatic carbocycles. The zero-order valence-electron chi connectivity index (χ0n) is 16.2. The maximum absolute atomic E-state index is 12.5. The number of amidine groups is 1. The number of nitrogens with one attached hydrogen (secondary N) is 1. The maximum atomic E-state index is 12.5. The van der Waals surface area contributed by atoms with Crippen LogP contribution in [0, 0.1) is 0 Å². The molecule has 2 unspecified atom stereocenters. The van der Waals surface area contributed by atoms with E-state index in [1.54, 1.807) is 11.0 Å². The van der Waals surface area contributed by atoms with Gasteiger partial charge < -0.3 is 21.3 Å². The molecule has 29 heavy (non-hydrogen) atoms. The number of nitrogens with zero attached hydrogens (tertiary/aromatic N) is 4. The van der Waals surface area contributed by atoms with Gasteiger partial charge in [0.2, 0.25) is 5.96 Å². The number of hydrogen-bond acceptors (Lipinski definition) is 8. The van der Waals surface area contributed by atoms with Gasteiger partial charge in [0.15, 0.2) is 0 Å². The minimum atomic E-state index is -0.686. The number of nitrogens with two attached hydrogens (primary N) is 1. The molecule has 1 amide bonds. The second kappa shape index (κ2) is 8.32. The Kier molecular flexibility index (Phi) is 5.61. The largest absolute Gasteiger partial charge is 0.394 e. The number of hydrogen-bond donors (Lipinski definition) is 4. The van der Waals surface area contributed by atoms with Crippen LogP contribution in [0.4, 0.5) is 0 Å². The number of aliphatic hydroxyl groups is 2. The minimum absolute atomic E-state index is 0.0875. The van der Waals surface area contributed by atoms with E-state index in [9.17, 15) is 15.0 Å². The van der Waals surface area contributed by atoms with E-state index in [0.717, 1.165) is 19.5 Å². The fourth-order valence-corrected chi connectivity index (χ4v) is 3.85. The molecular weight excluding hydrogens is 372 g/mol. The van der Waals surface area contributed by atoms with Crippen LogP contribution in [-0.2, 0) is 17.8 Å². The molecule has 9 heteroatoms. The number of rotatable bonds is 6. The molecule has 0 bridgehead atoms. The van der Waals surface area contributed by atoms with Crippen LogP contribution in [0.5, 0.6) is 0 Å². The van der Waals surface area contributed by atoms with E-state index in [1.165, 1.54) is 11.1 Å². The number of guanidine groups is 1. The van der Waals surface area contributed by atoms with Crippen LogP contribution < -0.4 is 11.1 Å². The van der Waals surface area contributed by atoms with Crippen molar-refractivity contribution in [1.29, 1.82) is 0 Å². The third-order valence-corrected chi connectivity index (χ3v) is 5.38. The van der Waals surface area contributed by atoms with Crippen LogP contribution in [0.25, 0.3) is 0 Å². The Bertz CT molecular complexity index is 881. The monoisotopic (exact) mass is 398 g/mol. The summed E-state index contributed by atoms with van der Waals surface area (Å²) in [5, 5.41) is 22.3. The normalized spacial score (nSPS) is 22.2. The molecule has 3 aliphatic heterocycles. The third kappa shape index (κ3) is 4.31. The molecule has 0 spiro atoms. The molecule has 3 heterocycles. The van der Waals surface area contributed by atoms with Gasteiger partial charge in [0.05, 0.1) is 25.3 Å². The summed E-state index contributed by atoms with van der Waals surface area (Å²) >= 11 is 0. The summed E-state index contributed by atoms with van der Waals surface area (Å²) in [6, 6.07) is 8.07. The van der Waals surface area contributed by atoms with Crippen molar-refractivity contribution in [2.45, 2.75) is 25.1 Å². The fourth-order valence-electron chi connectivity index (χ4n) is 3.85. The van der Waals surface area contributed by atoms with Gasteiger partial charge in [-0.25, -0.2) is 4.99 Å². The van der Waals surface area contributed by atoms with E-state index in [2.05, 4.69) is 32.3 Å². The van der Waals surface area contributed by atoms with E-state index >= 15 is 0 Å². The third-order valence-electron chi connectivity index (χ3n) is 5.38. The summed E-state index contributed by atoms with van der Waals surface area (Å²) in [5.41, 5.74) is 8.72. The molecule has 5 N–H and O–H groups in total. The van der Waals surface area contributed by atoms with E-state index in [0.29, 0.717) is 18.9 Å². The highest BCUT2D eigenvalue weighted by Crippen LogP contribution is 2.19. The van der Waals surface area contributed by atoms with Gasteiger partial charge in [0.25, 0.3) is 5.91 Å². The van der Waals surface area contributed by atoms with Crippen molar-refractivity contribution >= 4 is 17.7 Å². The number of fused-ring (bicyclic) bond motifs is 2. The molecule has 0 saturated carbocycles. The predicted octanol–water partition coefficient (Wildman–Crippen LogP) is -1.19. The van der Waals surface area contributed by atoms with Gasteiger partial charge in [-0.2, -0.15) is 0 Å². The Balaban J connectivity index is 1.30. The number of aliphatic hydroxyl groups excluding tert-OH is 2. The molecule has 0 radical (unpaired) electrons. The van der Waals surface area contributed by atoms with E-state index in [1.807, 2.05) is 12.1 Å². The lowest BCUT2D eigenvalue weighted by Crippen LogP contribution is -2.45. The summed E-state index contributed by atoms with van der Waals surface area (Å²) in [5.74, 6) is 0.292. The summed E-state index contributed by atoms with van der Waals surface area (Å²) in [4.78, 5) is 24.8. The standard InChI is InChI=1S/C20H26N6O3/c21-20-24-17(7-18-23-15(12-27)10-26(18)20)19(29)22-8-16(28)11-25-6-5-13-3-1-2-4-14(13)9-25/h1-4,7,15-16,27-28H,5-6,8-12H2,(H2,21,24)(H,22,29). The lowest BCUT2D eigenvalue weighted by molar-refractivity contribution is -0.118. The van der Waals surface area contributed by atoms with Crippen molar-refractivity contribution in [2.24, 2.45) is 15.7 Å². The van der Waals surface area contributed by atoms with Crippen LogP contribution in [-0.4, -0.2) is 82.6 Å². The average molecular weight is 398 g/mol. The number of carbonyl (C=O) groups excluding carboxylic acids is 1. The summed E-state index contributed by atoms with van der Waals surface area (Å²) in [6.45, 7) is 2.65. The number of carbonyl (C=O) groups is 1. The van der Waals surface area contributed by atoms with Crippen LogP contribution in [0.2, 0.25) is 0 Å². The fraction of sp³-hybridized carbons (Fsp3) is 0.450. The van der Waals surface area contributed by atoms with Crippen molar-refractivity contribution in [1.82, 2.24) is 15.1 Å². The Morgan fingerprint density at radius 2 is 2.14 bits per heavy atom. The number of amides is 1. The van der Waals surface area contributed by atoms with Crippen LogP contribution >= 0.6 is 0 Å². The molecule has 0 fully saturated rings. The molecule has 0 saturated heterocycles. The van der Waals surface area contributed by atoms with Crippen molar-refractivity contribution in [3.8, 4) is 0 Å². The Hall–Kier alpha value is -2.75. The molecule has 154 valence electrons. The van der Waals surface area contributed by atoms with Gasteiger partial charge in [0.1, 0.15) is 11.5 Å². The summed E-state index contributed by atoms with van der Waals surface area (Å²) in [7, 11) is 0. The molecule has 0 aliphatic carbocycles. The van der Waals surface area contributed by atoms with Crippen LogP contribution in [0.3, 0.4) is 0 Å². The van der Waals surface area contributed by atoms with E-state index < -0.39 is 12.0 Å². The highest BCUT2D eigenvalue weighted by atomic mass is 16.3. The minimum Gasteiger partial charge on any atom is -0.394 e. The topological polar surface area (TPSA) is 127 Å². The highest BCUT2D eigenvalue weighted by molar-refractivity contribution is 6.13. The van der Waals surface area contributed by atoms with Crippen molar-refractivity contribution in [2.75, 3.05) is 32.8 Å². The quantitative estimate of drug-likeness (QED) is 0.477. The molecule has 3 aliphatic rings. The zero-order chi connectivity index (χ0) is 20.4. The maximum Gasteiger partial charge on any atom is 0.270 e. The smallest absolute Gasteiger partial charge is 0.270 e. The van der Waals surface area contributed by atoms with Gasteiger partial charge in [-0.15, -0.1) is 0 Å². The predicted molar refractivity (Wildman–Crippen MR) is 109 cm³/mol. The van der Waals surface area contributed by atoms with E-state index in [-0.39, 0.29) is 30.9 Å². The SMILES string of the molecule is NC1=NC(C(=O)NCC(O)CN2CCc3ccccc3C2)=CC2=NC(CO)CN12. The highest BCUT2D eigenvalue weighted by Gasteiger charge is 2.30. The first kappa shape index (κ1) is 19.6. The molecular formula is C20H26N6O3. The summed E-state index contributed by atoms with van der Waals surface area (Å²) < 4.78 is 0. The van der Waals surface area contributed by atoms with Crippen LogP contribution in [0.1, 0.15) is 11.1 Å². The molecule has 1 aromatic rings. The van der Waals surface area contributed by atoms with Gasteiger partial charge in [-0.3, -0.25) is 19.6 Å². The number of benzene rings is 1. The van der Waals surface area contributed by atoms with Crippen molar-refractivity contribution in [3.05, 3.63) is 47.2 Å². The van der Waals surface area contributed by atoms with Gasteiger partial charge >= 0.3 is 0 Å². The van der Waals surface area contributed by atoms with Crippen molar-refractivity contribution in [3.63, 3.8) is 0 Å². The zero-order valence-corrected chi connectivity index (χ0v) is 16.2. The Labute approximate surface area is 169 Å². The lowest BCUT2D eigenvalue weighted by atomic mass is 10.00.